The Morgan fingerprint density at radius 3 is 2.06 bits per heavy atom. The fourth-order valence-electron chi connectivity index (χ4n) is 4.00. The summed E-state index contributed by atoms with van der Waals surface area (Å²) in [6.07, 6.45) is 11.0. The van der Waals surface area contributed by atoms with Crippen LogP contribution < -0.4 is 9.64 Å². The van der Waals surface area contributed by atoms with Gasteiger partial charge in [0.25, 0.3) is 0 Å². The van der Waals surface area contributed by atoms with Crippen LogP contribution in [-0.4, -0.2) is 64.0 Å². The molecule has 1 atom stereocenters. The Bertz CT molecular complexity index is 722. The van der Waals surface area contributed by atoms with Crippen LogP contribution in [0, 0.1) is 5.92 Å². The van der Waals surface area contributed by atoms with Crippen LogP contribution in [0.5, 0.6) is 5.75 Å². The van der Waals surface area contributed by atoms with Crippen LogP contribution in [-0.2, 0) is 14.6 Å². The molecule has 33 heavy (non-hydrogen) atoms. The maximum Gasteiger partial charge on any atom is 0.153 e. The van der Waals surface area contributed by atoms with Crippen molar-refractivity contribution in [2.24, 2.45) is 5.92 Å². The Kier molecular flexibility index (Phi) is 13.2. The van der Waals surface area contributed by atoms with Gasteiger partial charge in [-0.05, 0) is 36.6 Å². The minimum absolute atomic E-state index is 0.193. The van der Waals surface area contributed by atoms with E-state index >= 15 is 0 Å². The van der Waals surface area contributed by atoms with Crippen molar-refractivity contribution in [3.05, 3.63) is 24.3 Å². The van der Waals surface area contributed by atoms with Crippen LogP contribution in [0.3, 0.4) is 0 Å². The summed E-state index contributed by atoms with van der Waals surface area (Å²) in [5.74, 6) is 1.93. The van der Waals surface area contributed by atoms with Crippen molar-refractivity contribution in [3.8, 4) is 5.75 Å². The minimum atomic E-state index is -2.88. The van der Waals surface area contributed by atoms with Crippen LogP contribution in [0.1, 0.15) is 71.6 Å². The third kappa shape index (κ3) is 12.6. The first kappa shape index (κ1) is 27.9. The fraction of sp³-hybridized carbons (Fsp3) is 0.769. The van der Waals surface area contributed by atoms with E-state index in [1.54, 1.807) is 0 Å². The van der Waals surface area contributed by atoms with E-state index in [1.165, 1.54) is 51.4 Å². The minimum Gasteiger partial charge on any atom is -0.491 e. The van der Waals surface area contributed by atoms with Crippen molar-refractivity contribution in [2.45, 2.75) is 77.7 Å². The Labute approximate surface area is 201 Å². The van der Waals surface area contributed by atoms with Gasteiger partial charge in [0.05, 0.1) is 18.1 Å². The van der Waals surface area contributed by atoms with Gasteiger partial charge in [-0.15, -0.1) is 0 Å². The van der Waals surface area contributed by atoms with E-state index in [4.69, 9.17) is 9.47 Å². The summed E-state index contributed by atoms with van der Waals surface area (Å²) in [6, 6.07) is 7.58. The molecule has 0 amide bonds. The Morgan fingerprint density at radius 1 is 0.879 bits per heavy atom. The normalized spacial score (nSPS) is 16.8. The zero-order valence-corrected chi connectivity index (χ0v) is 21.5. The van der Waals surface area contributed by atoms with E-state index in [2.05, 4.69) is 18.7 Å². The highest BCUT2D eigenvalue weighted by atomic mass is 32.2. The Hall–Kier alpha value is -1.31. The maximum atomic E-state index is 11.6. The number of hydrogen-bond donors (Lipinski definition) is 1. The van der Waals surface area contributed by atoms with Crippen LogP contribution in [0.15, 0.2) is 24.3 Å². The van der Waals surface area contributed by atoms with Crippen LogP contribution in [0.4, 0.5) is 5.69 Å². The maximum absolute atomic E-state index is 11.6. The molecule has 1 aliphatic rings. The summed E-state index contributed by atoms with van der Waals surface area (Å²) >= 11 is 0. The molecule has 0 aliphatic carbocycles. The first-order valence-electron chi connectivity index (χ1n) is 12.8. The molecule has 2 rings (SSSR count). The van der Waals surface area contributed by atoms with Crippen molar-refractivity contribution >= 4 is 15.5 Å². The molecule has 0 radical (unpaired) electrons. The molecule has 1 unspecified atom stereocenters. The number of rotatable bonds is 17. The van der Waals surface area contributed by atoms with Gasteiger partial charge in [0.1, 0.15) is 18.5 Å². The largest absolute Gasteiger partial charge is 0.491 e. The summed E-state index contributed by atoms with van der Waals surface area (Å²) < 4.78 is 34.4. The van der Waals surface area contributed by atoms with Crippen molar-refractivity contribution in [1.82, 2.24) is 0 Å². The lowest BCUT2D eigenvalue weighted by Crippen LogP contribution is -2.40. The van der Waals surface area contributed by atoms with Crippen molar-refractivity contribution in [3.63, 3.8) is 0 Å². The first-order chi connectivity index (χ1) is 15.9. The van der Waals surface area contributed by atoms with E-state index in [0.717, 1.165) is 18.0 Å². The quantitative estimate of drug-likeness (QED) is 0.319. The average Bonchev–Trinajstić information content (AvgIpc) is 2.78. The third-order valence-corrected chi connectivity index (χ3v) is 7.73. The molecule has 0 bridgehead atoms. The number of nitrogens with zero attached hydrogens (tertiary/aromatic N) is 1. The lowest BCUT2D eigenvalue weighted by molar-refractivity contribution is 0.0110. The molecule has 0 saturated carbocycles. The smallest absolute Gasteiger partial charge is 0.153 e. The van der Waals surface area contributed by atoms with Gasteiger partial charge in [-0.2, -0.15) is 0 Å². The number of anilines is 1. The van der Waals surface area contributed by atoms with E-state index in [9.17, 15) is 13.5 Å². The van der Waals surface area contributed by atoms with Gasteiger partial charge in [0.2, 0.25) is 0 Å². The second kappa shape index (κ2) is 15.6. The summed E-state index contributed by atoms with van der Waals surface area (Å²) in [6.45, 7) is 6.80. The van der Waals surface area contributed by atoms with Crippen molar-refractivity contribution < 1.29 is 23.0 Å². The molecule has 1 aromatic carbocycles. The molecule has 7 heteroatoms. The number of hydrogen-bond acceptors (Lipinski definition) is 6. The highest BCUT2D eigenvalue weighted by Gasteiger charge is 2.21. The monoisotopic (exact) mass is 483 g/mol. The van der Waals surface area contributed by atoms with Crippen LogP contribution in [0.25, 0.3) is 0 Å². The summed E-state index contributed by atoms with van der Waals surface area (Å²) in [7, 11) is -2.88. The predicted octanol–water partition coefficient (Wildman–Crippen LogP) is 4.84. The molecule has 0 aromatic heterocycles. The topological polar surface area (TPSA) is 76.1 Å². The predicted molar refractivity (Wildman–Crippen MR) is 136 cm³/mol. The molecule has 0 spiro atoms. The number of sulfone groups is 1. The van der Waals surface area contributed by atoms with Gasteiger partial charge in [0, 0.05) is 25.4 Å². The second-order valence-electron chi connectivity index (χ2n) is 9.68. The molecule has 1 N–H and O–H groups in total. The zero-order valence-electron chi connectivity index (χ0n) is 20.7. The highest BCUT2D eigenvalue weighted by Crippen LogP contribution is 2.21. The molecule has 190 valence electrons. The van der Waals surface area contributed by atoms with Gasteiger partial charge in [-0.1, -0.05) is 65.2 Å². The number of ether oxygens (including phenoxy) is 2. The van der Waals surface area contributed by atoms with Gasteiger partial charge in [-0.25, -0.2) is 8.42 Å². The van der Waals surface area contributed by atoms with Gasteiger partial charge in [0.15, 0.2) is 9.84 Å². The van der Waals surface area contributed by atoms with E-state index in [0.29, 0.717) is 25.4 Å². The molecule has 1 fully saturated rings. The lowest BCUT2D eigenvalue weighted by Gasteiger charge is -2.28. The summed E-state index contributed by atoms with van der Waals surface area (Å²) in [5.41, 5.74) is 0.993. The van der Waals surface area contributed by atoms with Crippen LogP contribution >= 0.6 is 0 Å². The SMILES string of the molecule is CC(C)CCCCCCCCCCOCC(O)COc1ccc(N2CCS(=O)(=O)CC2)cc1. The number of aliphatic hydroxyl groups excluding tert-OH is 1. The summed E-state index contributed by atoms with van der Waals surface area (Å²) in [5, 5.41) is 10.1. The van der Waals surface area contributed by atoms with Gasteiger partial charge >= 0.3 is 0 Å². The number of benzene rings is 1. The second-order valence-corrected chi connectivity index (χ2v) is 12.0. The molecule has 1 aliphatic heterocycles. The molecule has 6 nitrogen and oxygen atoms in total. The summed E-state index contributed by atoms with van der Waals surface area (Å²) in [4.78, 5) is 2.07. The molecule has 1 saturated heterocycles. The van der Waals surface area contributed by atoms with Crippen molar-refractivity contribution in [1.29, 1.82) is 0 Å². The van der Waals surface area contributed by atoms with Gasteiger partial charge < -0.3 is 19.5 Å². The molecule has 1 heterocycles. The van der Waals surface area contributed by atoms with E-state index in [-0.39, 0.29) is 24.7 Å². The molecule has 1 aromatic rings. The van der Waals surface area contributed by atoms with E-state index < -0.39 is 15.9 Å². The Balaban J connectivity index is 1.45. The van der Waals surface area contributed by atoms with Gasteiger partial charge in [-0.3, -0.25) is 0 Å². The van der Waals surface area contributed by atoms with Crippen LogP contribution in [0.2, 0.25) is 0 Å². The fourth-order valence-corrected chi connectivity index (χ4v) is 5.20. The first-order valence-corrected chi connectivity index (χ1v) is 14.6. The molecular formula is C26H45NO5S. The highest BCUT2D eigenvalue weighted by molar-refractivity contribution is 7.91. The zero-order chi connectivity index (χ0) is 23.9. The number of unbranched alkanes of at least 4 members (excludes halogenated alkanes) is 7. The van der Waals surface area contributed by atoms with E-state index in [1.807, 2.05) is 24.3 Å². The Morgan fingerprint density at radius 2 is 1.45 bits per heavy atom. The number of aliphatic hydroxyl groups is 1. The molecular weight excluding hydrogens is 438 g/mol. The average molecular weight is 484 g/mol. The standard InChI is InChI=1S/C26H45NO5S/c1-23(2)11-9-7-5-3-4-6-8-10-18-31-21-25(28)22-32-26-14-12-24(13-15-26)27-16-19-33(29,30)20-17-27/h12-15,23,25,28H,3-11,16-22H2,1-2H3. The van der Waals surface area contributed by atoms with Crippen molar-refractivity contribution in [2.75, 3.05) is 49.3 Å². The third-order valence-electron chi connectivity index (χ3n) is 6.12. The lowest BCUT2D eigenvalue weighted by atomic mass is 10.0.